The molecule has 1 atom stereocenters. The van der Waals surface area contributed by atoms with Gasteiger partial charge in [-0.1, -0.05) is 29.8 Å². The number of halogens is 1. The number of nitrogens with zero attached hydrogens (tertiary/aromatic N) is 3. The largest absolute Gasteiger partial charge is 0.494 e. The summed E-state index contributed by atoms with van der Waals surface area (Å²) in [4.78, 5) is 44.3. The van der Waals surface area contributed by atoms with Gasteiger partial charge in [-0.2, -0.15) is 0 Å². The Kier molecular flexibility index (Phi) is 10.2. The first-order valence-corrected chi connectivity index (χ1v) is 12.8. The van der Waals surface area contributed by atoms with E-state index in [2.05, 4.69) is 5.32 Å². The molecule has 2 aromatic rings. The quantitative estimate of drug-likeness (QED) is 0.532. The molecule has 0 saturated carbocycles. The number of hydrogen-bond donors (Lipinski definition) is 1. The number of ether oxygens (including phenoxy) is 2. The molecule has 0 aromatic heterocycles. The van der Waals surface area contributed by atoms with Crippen molar-refractivity contribution >= 4 is 35.1 Å². The van der Waals surface area contributed by atoms with E-state index in [0.717, 1.165) is 5.56 Å². The zero-order valence-electron chi connectivity index (χ0n) is 21.8. The smallest absolute Gasteiger partial charge is 0.318 e. The summed E-state index contributed by atoms with van der Waals surface area (Å²) in [7, 11) is 1.58. The Morgan fingerprint density at radius 2 is 1.92 bits per heavy atom. The number of likely N-dealkylation sites (N-methyl/N-ethyl adjacent to an activating group) is 1. The highest BCUT2D eigenvalue weighted by molar-refractivity contribution is 6.34. The SMILES string of the molecule is CCOc1ccc(C(=O)N2C[C@@H](C)N(C(=O)NCC(=O)N(CC)CCOC)Cc3ccccc32)c(Cl)c1. The zero-order chi connectivity index (χ0) is 26.9. The van der Waals surface area contributed by atoms with Crippen LogP contribution in [0.25, 0.3) is 0 Å². The predicted octanol–water partition coefficient (Wildman–Crippen LogP) is 3.79. The molecular weight excluding hydrogens is 496 g/mol. The van der Waals surface area contributed by atoms with Crippen LogP contribution in [0.5, 0.6) is 5.75 Å². The van der Waals surface area contributed by atoms with Crippen molar-refractivity contribution in [1.29, 1.82) is 0 Å². The second kappa shape index (κ2) is 13.3. The molecule has 10 heteroatoms. The number of fused-ring (bicyclic) bond motifs is 1. The number of methoxy groups -OCH3 is 1. The predicted molar refractivity (Wildman–Crippen MR) is 143 cm³/mol. The average Bonchev–Trinajstić information content (AvgIpc) is 3.04. The molecule has 200 valence electrons. The van der Waals surface area contributed by atoms with Crippen molar-refractivity contribution in [3.8, 4) is 5.75 Å². The van der Waals surface area contributed by atoms with Gasteiger partial charge in [0.25, 0.3) is 5.91 Å². The minimum absolute atomic E-state index is 0.119. The van der Waals surface area contributed by atoms with Gasteiger partial charge in [-0.15, -0.1) is 0 Å². The van der Waals surface area contributed by atoms with E-state index in [9.17, 15) is 14.4 Å². The zero-order valence-corrected chi connectivity index (χ0v) is 22.6. The molecule has 3 rings (SSSR count). The van der Waals surface area contributed by atoms with Crippen molar-refractivity contribution < 1.29 is 23.9 Å². The summed E-state index contributed by atoms with van der Waals surface area (Å²) >= 11 is 6.46. The monoisotopic (exact) mass is 530 g/mol. The van der Waals surface area contributed by atoms with E-state index in [-0.39, 0.29) is 37.0 Å². The molecule has 1 N–H and O–H groups in total. The highest BCUT2D eigenvalue weighted by Gasteiger charge is 2.32. The van der Waals surface area contributed by atoms with Gasteiger partial charge in [0, 0.05) is 45.0 Å². The van der Waals surface area contributed by atoms with Crippen molar-refractivity contribution in [1.82, 2.24) is 15.1 Å². The second-order valence-electron chi connectivity index (χ2n) is 8.72. The fourth-order valence-electron chi connectivity index (χ4n) is 4.27. The molecule has 1 aliphatic rings. The molecule has 9 nitrogen and oxygen atoms in total. The molecule has 0 bridgehead atoms. The van der Waals surface area contributed by atoms with Crippen LogP contribution < -0.4 is 15.0 Å². The van der Waals surface area contributed by atoms with Crippen LogP contribution in [0.4, 0.5) is 10.5 Å². The second-order valence-corrected chi connectivity index (χ2v) is 9.13. The third-order valence-corrected chi connectivity index (χ3v) is 6.59. The van der Waals surface area contributed by atoms with Crippen LogP contribution in [0.3, 0.4) is 0 Å². The van der Waals surface area contributed by atoms with Crippen molar-refractivity contribution in [3.05, 3.63) is 58.6 Å². The van der Waals surface area contributed by atoms with Gasteiger partial charge >= 0.3 is 6.03 Å². The number of nitrogens with one attached hydrogen (secondary N) is 1. The maximum absolute atomic E-state index is 13.7. The van der Waals surface area contributed by atoms with Crippen molar-refractivity contribution in [2.24, 2.45) is 0 Å². The number of para-hydroxylation sites is 1. The first-order valence-electron chi connectivity index (χ1n) is 12.4. The maximum atomic E-state index is 13.7. The Labute approximate surface area is 223 Å². The lowest BCUT2D eigenvalue weighted by molar-refractivity contribution is -0.130. The average molecular weight is 531 g/mol. The lowest BCUT2D eigenvalue weighted by atomic mass is 10.1. The third kappa shape index (κ3) is 6.93. The summed E-state index contributed by atoms with van der Waals surface area (Å²) < 4.78 is 10.5. The molecule has 0 spiro atoms. The third-order valence-electron chi connectivity index (χ3n) is 6.28. The molecule has 0 unspecified atom stereocenters. The number of amides is 4. The summed E-state index contributed by atoms with van der Waals surface area (Å²) in [6.45, 7) is 7.97. The van der Waals surface area contributed by atoms with Crippen molar-refractivity contribution in [2.75, 3.05) is 51.4 Å². The van der Waals surface area contributed by atoms with E-state index >= 15 is 0 Å². The van der Waals surface area contributed by atoms with E-state index < -0.39 is 0 Å². The fraction of sp³-hybridized carbons (Fsp3) is 0.444. The number of benzene rings is 2. The number of urea groups is 1. The van der Waals surface area contributed by atoms with Crippen LogP contribution in [0.1, 0.15) is 36.7 Å². The van der Waals surface area contributed by atoms with E-state index in [0.29, 0.717) is 54.9 Å². The van der Waals surface area contributed by atoms with E-state index in [1.54, 1.807) is 40.0 Å². The number of carbonyl (C=O) groups is 3. The summed E-state index contributed by atoms with van der Waals surface area (Å²) in [5.41, 5.74) is 1.89. The molecule has 0 saturated heterocycles. The van der Waals surface area contributed by atoms with E-state index in [1.807, 2.05) is 45.0 Å². The number of hydrogen-bond acceptors (Lipinski definition) is 5. The first kappa shape index (κ1) is 28.3. The number of rotatable bonds is 9. The molecule has 0 aliphatic carbocycles. The van der Waals surface area contributed by atoms with Crippen LogP contribution in [0.15, 0.2) is 42.5 Å². The van der Waals surface area contributed by atoms with E-state index in [4.69, 9.17) is 21.1 Å². The normalized spacial score (nSPS) is 15.0. The van der Waals surface area contributed by atoms with Crippen LogP contribution in [0, 0.1) is 0 Å². The van der Waals surface area contributed by atoms with Crippen LogP contribution >= 0.6 is 11.6 Å². The maximum Gasteiger partial charge on any atom is 0.318 e. The Morgan fingerprint density at radius 3 is 2.59 bits per heavy atom. The molecule has 4 amide bonds. The van der Waals surface area contributed by atoms with Crippen LogP contribution in [0.2, 0.25) is 5.02 Å². The Bertz CT molecular complexity index is 1110. The molecule has 1 heterocycles. The molecular formula is C27H35ClN4O5. The summed E-state index contributed by atoms with van der Waals surface area (Å²) in [5, 5.41) is 3.05. The minimum Gasteiger partial charge on any atom is -0.494 e. The van der Waals surface area contributed by atoms with Gasteiger partial charge in [0.2, 0.25) is 5.91 Å². The summed E-state index contributed by atoms with van der Waals surface area (Å²) in [6, 6.07) is 11.8. The van der Waals surface area contributed by atoms with Gasteiger partial charge in [-0.05, 0) is 50.6 Å². The molecule has 0 fully saturated rings. The molecule has 0 radical (unpaired) electrons. The first-order chi connectivity index (χ1) is 17.8. The standard InChI is InChI=1S/C27H35ClN4O5/c1-5-30(13-14-36-4)25(33)16-29-27(35)31-18-20-9-7-8-10-24(20)32(17-19(31)3)26(34)22-12-11-21(37-6-2)15-23(22)28/h7-12,15,19H,5-6,13-14,16-18H2,1-4H3,(H,29,35)/t19-/m1/s1. The van der Waals surface area contributed by atoms with Gasteiger partial charge in [0.1, 0.15) is 5.75 Å². The fourth-order valence-corrected chi connectivity index (χ4v) is 4.52. The van der Waals surface area contributed by atoms with Crippen LogP contribution in [-0.4, -0.2) is 80.2 Å². The van der Waals surface area contributed by atoms with Crippen LogP contribution in [-0.2, 0) is 16.1 Å². The van der Waals surface area contributed by atoms with E-state index in [1.165, 1.54) is 0 Å². The highest BCUT2D eigenvalue weighted by Crippen LogP contribution is 2.31. The van der Waals surface area contributed by atoms with Crippen molar-refractivity contribution in [2.45, 2.75) is 33.4 Å². The van der Waals surface area contributed by atoms with Gasteiger partial charge in [-0.3, -0.25) is 9.59 Å². The van der Waals surface area contributed by atoms with Gasteiger partial charge < -0.3 is 29.5 Å². The Hall–Kier alpha value is -3.30. The number of carbonyl (C=O) groups excluding carboxylic acids is 3. The summed E-state index contributed by atoms with van der Waals surface area (Å²) in [5.74, 6) is 0.147. The Morgan fingerprint density at radius 1 is 1.16 bits per heavy atom. The molecule has 37 heavy (non-hydrogen) atoms. The summed E-state index contributed by atoms with van der Waals surface area (Å²) in [6.07, 6.45) is 0. The number of anilines is 1. The highest BCUT2D eigenvalue weighted by atomic mass is 35.5. The topological polar surface area (TPSA) is 91.4 Å². The lowest BCUT2D eigenvalue weighted by Gasteiger charge is -2.30. The molecule has 2 aromatic carbocycles. The lowest BCUT2D eigenvalue weighted by Crippen LogP contribution is -2.50. The van der Waals surface area contributed by atoms with Crippen molar-refractivity contribution in [3.63, 3.8) is 0 Å². The molecule has 1 aliphatic heterocycles. The van der Waals surface area contributed by atoms with Gasteiger partial charge in [0.05, 0.1) is 30.3 Å². The van der Waals surface area contributed by atoms with Gasteiger partial charge in [-0.25, -0.2) is 4.79 Å². The Balaban J connectivity index is 1.79. The van der Waals surface area contributed by atoms with Gasteiger partial charge in [0.15, 0.2) is 0 Å². The minimum atomic E-state index is -0.369.